The second-order valence-corrected chi connectivity index (χ2v) is 4.21. The predicted molar refractivity (Wildman–Crippen MR) is 64.8 cm³/mol. The van der Waals surface area contributed by atoms with Gasteiger partial charge in [0, 0.05) is 12.6 Å². The molecule has 1 atom stereocenters. The zero-order valence-electron chi connectivity index (χ0n) is 9.07. The summed E-state index contributed by atoms with van der Waals surface area (Å²) >= 11 is 3.29. The Morgan fingerprint density at radius 1 is 1.62 bits per heavy atom. The van der Waals surface area contributed by atoms with E-state index < -0.39 is 4.92 Å². The van der Waals surface area contributed by atoms with Crippen LogP contribution in [0.15, 0.2) is 22.7 Å². The minimum absolute atomic E-state index is 0.0230. The van der Waals surface area contributed by atoms with Crippen molar-refractivity contribution < 1.29 is 9.66 Å². The Bertz CT molecular complexity index is 384. The standard InChI is InChI=1S/C10H13BrN2O3/c1-7(6-12-2)16-10-5-8(13(14)15)3-4-9(10)11/h3-5,7,12H,6H2,1-2H3. The van der Waals surface area contributed by atoms with Crippen LogP contribution in [0.2, 0.25) is 0 Å². The molecule has 1 unspecified atom stereocenters. The van der Waals surface area contributed by atoms with Crippen molar-refractivity contribution in [1.29, 1.82) is 0 Å². The zero-order chi connectivity index (χ0) is 12.1. The van der Waals surface area contributed by atoms with Crippen LogP contribution in [0, 0.1) is 10.1 Å². The van der Waals surface area contributed by atoms with Gasteiger partial charge in [-0.05, 0) is 36.0 Å². The highest BCUT2D eigenvalue weighted by molar-refractivity contribution is 9.10. The molecule has 1 aromatic carbocycles. The quantitative estimate of drug-likeness (QED) is 0.667. The van der Waals surface area contributed by atoms with Gasteiger partial charge in [-0.3, -0.25) is 10.1 Å². The second-order valence-electron chi connectivity index (χ2n) is 3.36. The SMILES string of the molecule is CNCC(C)Oc1cc([N+](=O)[O-])ccc1Br. The number of nitrogens with zero attached hydrogens (tertiary/aromatic N) is 1. The number of non-ortho nitro benzene ring substituents is 1. The van der Waals surface area contributed by atoms with E-state index >= 15 is 0 Å². The van der Waals surface area contributed by atoms with Crippen LogP contribution in [-0.4, -0.2) is 24.6 Å². The summed E-state index contributed by atoms with van der Waals surface area (Å²) in [5.41, 5.74) is 0.0230. The third-order valence-corrected chi connectivity index (χ3v) is 2.60. The van der Waals surface area contributed by atoms with E-state index in [0.29, 0.717) is 16.8 Å². The second kappa shape index (κ2) is 5.81. The molecule has 1 aromatic rings. The summed E-state index contributed by atoms with van der Waals surface area (Å²) in [5.74, 6) is 0.483. The zero-order valence-corrected chi connectivity index (χ0v) is 10.7. The molecule has 5 nitrogen and oxygen atoms in total. The molecule has 0 aliphatic heterocycles. The summed E-state index contributed by atoms with van der Waals surface area (Å²) in [4.78, 5) is 10.2. The Hall–Kier alpha value is -1.14. The Morgan fingerprint density at radius 3 is 2.88 bits per heavy atom. The van der Waals surface area contributed by atoms with Crippen LogP contribution in [0.1, 0.15) is 6.92 Å². The van der Waals surface area contributed by atoms with Crippen molar-refractivity contribution >= 4 is 21.6 Å². The molecule has 16 heavy (non-hydrogen) atoms. The molecular formula is C10H13BrN2O3. The summed E-state index contributed by atoms with van der Waals surface area (Å²) in [5, 5.41) is 13.6. The molecule has 0 bridgehead atoms. The number of hydrogen-bond acceptors (Lipinski definition) is 4. The van der Waals surface area contributed by atoms with Crippen molar-refractivity contribution in [2.75, 3.05) is 13.6 Å². The fraction of sp³-hybridized carbons (Fsp3) is 0.400. The van der Waals surface area contributed by atoms with Crippen molar-refractivity contribution in [1.82, 2.24) is 5.32 Å². The van der Waals surface area contributed by atoms with Crippen LogP contribution < -0.4 is 10.1 Å². The van der Waals surface area contributed by atoms with Gasteiger partial charge in [0.15, 0.2) is 0 Å². The number of nitrogens with one attached hydrogen (secondary N) is 1. The van der Waals surface area contributed by atoms with Crippen molar-refractivity contribution in [3.8, 4) is 5.75 Å². The fourth-order valence-corrected chi connectivity index (χ4v) is 1.58. The minimum atomic E-state index is -0.442. The number of likely N-dealkylation sites (N-methyl/N-ethyl adjacent to an activating group) is 1. The van der Waals surface area contributed by atoms with Gasteiger partial charge in [0.05, 0.1) is 15.5 Å². The van der Waals surface area contributed by atoms with Crippen LogP contribution in [0.3, 0.4) is 0 Å². The fourth-order valence-electron chi connectivity index (χ4n) is 1.24. The van der Waals surface area contributed by atoms with E-state index in [9.17, 15) is 10.1 Å². The molecule has 88 valence electrons. The average Bonchev–Trinajstić information content (AvgIpc) is 2.21. The summed E-state index contributed by atoms with van der Waals surface area (Å²) < 4.78 is 6.27. The predicted octanol–water partition coefficient (Wildman–Crippen LogP) is 2.34. The number of nitro benzene ring substituents is 1. The smallest absolute Gasteiger partial charge is 0.273 e. The molecule has 0 aliphatic carbocycles. The molecule has 0 amide bonds. The molecule has 0 aliphatic rings. The number of hydrogen-bond donors (Lipinski definition) is 1. The largest absolute Gasteiger partial charge is 0.488 e. The summed E-state index contributed by atoms with van der Waals surface area (Å²) in [6.07, 6.45) is -0.0525. The molecule has 0 spiro atoms. The normalized spacial score (nSPS) is 12.2. The summed E-state index contributed by atoms with van der Waals surface area (Å²) in [6.45, 7) is 2.57. The van der Waals surface area contributed by atoms with Gasteiger partial charge in [-0.1, -0.05) is 0 Å². The first kappa shape index (κ1) is 12.9. The van der Waals surface area contributed by atoms with Gasteiger partial charge in [-0.15, -0.1) is 0 Å². The van der Waals surface area contributed by atoms with Crippen LogP contribution >= 0.6 is 15.9 Å². The van der Waals surface area contributed by atoms with Crippen LogP contribution in [-0.2, 0) is 0 Å². The molecule has 0 saturated carbocycles. The van der Waals surface area contributed by atoms with E-state index in [1.807, 2.05) is 14.0 Å². The lowest BCUT2D eigenvalue weighted by Gasteiger charge is -2.15. The molecule has 0 radical (unpaired) electrons. The molecule has 1 N–H and O–H groups in total. The highest BCUT2D eigenvalue weighted by Crippen LogP contribution is 2.29. The van der Waals surface area contributed by atoms with Gasteiger partial charge in [0.2, 0.25) is 0 Å². The highest BCUT2D eigenvalue weighted by Gasteiger charge is 2.12. The third-order valence-electron chi connectivity index (χ3n) is 1.95. The molecule has 0 aromatic heterocycles. The van der Waals surface area contributed by atoms with Crippen LogP contribution in [0.4, 0.5) is 5.69 Å². The molecule has 0 heterocycles. The molecule has 1 rings (SSSR count). The van der Waals surface area contributed by atoms with Gasteiger partial charge in [-0.25, -0.2) is 0 Å². The van der Waals surface area contributed by atoms with Gasteiger partial charge in [0.25, 0.3) is 5.69 Å². The van der Waals surface area contributed by atoms with E-state index in [0.717, 1.165) is 0 Å². The Kier molecular flexibility index (Phi) is 4.70. The van der Waals surface area contributed by atoms with E-state index in [-0.39, 0.29) is 11.8 Å². The van der Waals surface area contributed by atoms with E-state index in [1.54, 1.807) is 6.07 Å². The topological polar surface area (TPSA) is 64.4 Å². The van der Waals surface area contributed by atoms with Gasteiger partial charge >= 0.3 is 0 Å². The minimum Gasteiger partial charge on any atom is -0.488 e. The molecule has 6 heteroatoms. The van der Waals surface area contributed by atoms with Gasteiger partial charge in [-0.2, -0.15) is 0 Å². The first-order valence-electron chi connectivity index (χ1n) is 4.79. The molecular weight excluding hydrogens is 276 g/mol. The van der Waals surface area contributed by atoms with E-state index in [4.69, 9.17) is 4.74 Å². The monoisotopic (exact) mass is 288 g/mol. The lowest BCUT2D eigenvalue weighted by Crippen LogP contribution is -2.26. The maximum absolute atomic E-state index is 10.6. The number of ether oxygens (including phenoxy) is 1. The summed E-state index contributed by atoms with van der Waals surface area (Å²) in [6, 6.07) is 4.45. The van der Waals surface area contributed by atoms with Crippen molar-refractivity contribution in [3.63, 3.8) is 0 Å². The average molecular weight is 289 g/mol. The molecule has 0 fully saturated rings. The Balaban J connectivity index is 2.85. The lowest BCUT2D eigenvalue weighted by molar-refractivity contribution is -0.385. The maximum atomic E-state index is 10.6. The number of rotatable bonds is 5. The van der Waals surface area contributed by atoms with Gasteiger partial charge in [0.1, 0.15) is 11.9 Å². The third kappa shape index (κ3) is 3.46. The first-order valence-corrected chi connectivity index (χ1v) is 5.59. The van der Waals surface area contributed by atoms with E-state index in [2.05, 4.69) is 21.2 Å². The number of benzene rings is 1. The Labute approximate surface area is 102 Å². The van der Waals surface area contributed by atoms with Gasteiger partial charge < -0.3 is 10.1 Å². The molecule has 0 saturated heterocycles. The van der Waals surface area contributed by atoms with Crippen molar-refractivity contribution in [2.45, 2.75) is 13.0 Å². The van der Waals surface area contributed by atoms with Crippen LogP contribution in [0.25, 0.3) is 0 Å². The Morgan fingerprint density at radius 2 is 2.31 bits per heavy atom. The lowest BCUT2D eigenvalue weighted by atomic mass is 10.3. The van der Waals surface area contributed by atoms with Crippen molar-refractivity contribution in [2.24, 2.45) is 0 Å². The highest BCUT2D eigenvalue weighted by atomic mass is 79.9. The van der Waals surface area contributed by atoms with Crippen molar-refractivity contribution in [3.05, 3.63) is 32.8 Å². The maximum Gasteiger partial charge on any atom is 0.273 e. The first-order chi connectivity index (χ1) is 7.54. The summed E-state index contributed by atoms with van der Waals surface area (Å²) in [7, 11) is 1.82. The number of nitro groups is 1. The van der Waals surface area contributed by atoms with E-state index in [1.165, 1.54) is 12.1 Å². The number of halogens is 1. The van der Waals surface area contributed by atoms with Crippen LogP contribution in [0.5, 0.6) is 5.75 Å².